The van der Waals surface area contributed by atoms with Crippen LogP contribution in [0.2, 0.25) is 0 Å². The molecule has 1 fully saturated rings. The molecule has 0 aromatic heterocycles. The average Bonchev–Trinajstić information content (AvgIpc) is 3.21. The van der Waals surface area contributed by atoms with Gasteiger partial charge in [0.25, 0.3) is 0 Å². The Morgan fingerprint density at radius 1 is 1.18 bits per heavy atom. The van der Waals surface area contributed by atoms with Crippen molar-refractivity contribution in [3.63, 3.8) is 0 Å². The topological polar surface area (TPSA) is 60.0 Å². The van der Waals surface area contributed by atoms with Crippen molar-refractivity contribution in [2.24, 2.45) is 0 Å². The summed E-state index contributed by atoms with van der Waals surface area (Å²) in [5, 5.41) is 2.98. The maximum absolute atomic E-state index is 12.7. The number of likely N-dealkylation sites (tertiary alicyclic amines) is 1. The van der Waals surface area contributed by atoms with Gasteiger partial charge in [-0.1, -0.05) is 18.2 Å². The number of carbonyl (C=O) groups excluding carboxylic acids is 1. The van der Waals surface area contributed by atoms with Crippen molar-refractivity contribution < 1.29 is 19.0 Å². The number of nitrogens with zero attached hydrogens (tertiary/aromatic N) is 1. The predicted molar refractivity (Wildman–Crippen MR) is 106 cm³/mol. The highest BCUT2D eigenvalue weighted by Crippen LogP contribution is 2.38. The van der Waals surface area contributed by atoms with E-state index in [9.17, 15) is 4.79 Å². The Kier molecular flexibility index (Phi) is 5.55. The number of aryl methyl sites for hydroxylation is 1. The normalized spacial score (nSPS) is 18.0. The van der Waals surface area contributed by atoms with E-state index in [0.29, 0.717) is 26.4 Å². The molecule has 2 aromatic rings. The lowest BCUT2D eigenvalue weighted by atomic mass is 10.0. The van der Waals surface area contributed by atoms with E-state index in [1.54, 1.807) is 0 Å². The van der Waals surface area contributed by atoms with Gasteiger partial charge in [-0.15, -0.1) is 0 Å². The number of benzene rings is 2. The van der Waals surface area contributed by atoms with Crippen LogP contribution in [0.5, 0.6) is 17.2 Å². The van der Waals surface area contributed by atoms with Crippen LogP contribution < -0.4 is 19.5 Å². The quantitative estimate of drug-likeness (QED) is 0.801. The van der Waals surface area contributed by atoms with Gasteiger partial charge in [0.05, 0.1) is 12.6 Å². The van der Waals surface area contributed by atoms with Gasteiger partial charge >= 0.3 is 6.03 Å². The van der Waals surface area contributed by atoms with Crippen LogP contribution >= 0.6 is 0 Å². The summed E-state index contributed by atoms with van der Waals surface area (Å²) in [4.78, 5) is 14.6. The van der Waals surface area contributed by atoms with Crippen molar-refractivity contribution in [2.45, 2.75) is 25.8 Å². The zero-order valence-electron chi connectivity index (χ0n) is 16.1. The van der Waals surface area contributed by atoms with Gasteiger partial charge in [-0.25, -0.2) is 4.79 Å². The van der Waals surface area contributed by atoms with Crippen molar-refractivity contribution in [1.29, 1.82) is 0 Å². The molecule has 0 saturated carbocycles. The summed E-state index contributed by atoms with van der Waals surface area (Å²) in [7, 11) is 0. The summed E-state index contributed by atoms with van der Waals surface area (Å²) in [6.07, 6.45) is 1.94. The summed E-state index contributed by atoms with van der Waals surface area (Å²) in [6, 6.07) is 13.9. The number of nitrogens with one attached hydrogen (secondary N) is 1. The van der Waals surface area contributed by atoms with Gasteiger partial charge in [0, 0.05) is 6.54 Å². The first kappa shape index (κ1) is 18.5. The fourth-order valence-electron chi connectivity index (χ4n) is 3.76. The van der Waals surface area contributed by atoms with E-state index < -0.39 is 0 Å². The number of ether oxygens (including phenoxy) is 3. The minimum atomic E-state index is -0.0507. The first-order valence-electron chi connectivity index (χ1n) is 9.84. The third-order valence-corrected chi connectivity index (χ3v) is 5.10. The molecule has 1 unspecified atom stereocenters. The standard InChI is InChI=1S/C22H26N2O4/c1-16-4-2-5-18(14-16)26-11-9-23-22(25)24-10-3-6-19(24)17-7-8-20-21(15-17)28-13-12-27-20/h2,4-5,7-8,14-15,19H,3,6,9-13H2,1H3,(H,23,25). The lowest BCUT2D eigenvalue weighted by molar-refractivity contribution is 0.170. The Bertz CT molecular complexity index is 839. The fourth-order valence-corrected chi connectivity index (χ4v) is 3.76. The molecule has 2 heterocycles. The predicted octanol–water partition coefficient (Wildman–Crippen LogP) is 3.69. The molecule has 4 rings (SSSR count). The Hall–Kier alpha value is -2.89. The van der Waals surface area contributed by atoms with Crippen LogP contribution in [0.15, 0.2) is 42.5 Å². The smallest absolute Gasteiger partial charge is 0.318 e. The molecule has 6 heteroatoms. The van der Waals surface area contributed by atoms with Crippen LogP contribution in [0, 0.1) is 6.92 Å². The summed E-state index contributed by atoms with van der Waals surface area (Å²) in [5.41, 5.74) is 2.24. The van der Waals surface area contributed by atoms with Crippen LogP contribution in [-0.2, 0) is 0 Å². The van der Waals surface area contributed by atoms with Crippen LogP contribution in [0.1, 0.15) is 30.0 Å². The minimum Gasteiger partial charge on any atom is -0.492 e. The van der Waals surface area contributed by atoms with Gasteiger partial charge in [0.1, 0.15) is 25.6 Å². The maximum Gasteiger partial charge on any atom is 0.318 e. The molecule has 2 amide bonds. The first-order chi connectivity index (χ1) is 13.7. The zero-order chi connectivity index (χ0) is 19.3. The van der Waals surface area contributed by atoms with Crippen molar-refractivity contribution >= 4 is 6.03 Å². The van der Waals surface area contributed by atoms with Crippen molar-refractivity contribution in [3.8, 4) is 17.2 Å². The van der Waals surface area contributed by atoms with E-state index in [-0.39, 0.29) is 12.1 Å². The minimum absolute atomic E-state index is 0.0507. The van der Waals surface area contributed by atoms with Gasteiger partial charge in [0.15, 0.2) is 11.5 Å². The second-order valence-corrected chi connectivity index (χ2v) is 7.15. The van der Waals surface area contributed by atoms with Gasteiger partial charge in [-0.05, 0) is 55.2 Å². The van der Waals surface area contributed by atoms with Crippen LogP contribution in [-0.4, -0.2) is 43.8 Å². The molecule has 1 atom stereocenters. The highest BCUT2D eigenvalue weighted by Gasteiger charge is 2.30. The third-order valence-electron chi connectivity index (χ3n) is 5.10. The molecule has 1 saturated heterocycles. The van der Waals surface area contributed by atoms with E-state index in [0.717, 1.165) is 47.8 Å². The largest absolute Gasteiger partial charge is 0.492 e. The molecule has 2 aromatic carbocycles. The number of carbonyl (C=O) groups is 1. The van der Waals surface area contributed by atoms with E-state index >= 15 is 0 Å². The van der Waals surface area contributed by atoms with Gasteiger partial charge in [-0.3, -0.25) is 0 Å². The monoisotopic (exact) mass is 382 g/mol. The molecule has 0 radical (unpaired) electrons. The second-order valence-electron chi connectivity index (χ2n) is 7.15. The molecular formula is C22H26N2O4. The lowest BCUT2D eigenvalue weighted by Gasteiger charge is -2.27. The Labute approximate surface area is 165 Å². The van der Waals surface area contributed by atoms with E-state index in [1.165, 1.54) is 0 Å². The van der Waals surface area contributed by atoms with Crippen molar-refractivity contribution in [3.05, 3.63) is 53.6 Å². The summed E-state index contributed by atoms with van der Waals surface area (Å²) in [5.74, 6) is 2.37. The molecule has 2 aliphatic rings. The highest BCUT2D eigenvalue weighted by molar-refractivity contribution is 5.75. The SMILES string of the molecule is Cc1cccc(OCCNC(=O)N2CCCC2c2ccc3c(c2)OCCO3)c1. The third kappa shape index (κ3) is 4.16. The van der Waals surface area contributed by atoms with Crippen LogP contribution in [0.4, 0.5) is 4.79 Å². The summed E-state index contributed by atoms with van der Waals surface area (Å²) < 4.78 is 17.0. The fraction of sp³-hybridized carbons (Fsp3) is 0.409. The highest BCUT2D eigenvalue weighted by atomic mass is 16.6. The number of urea groups is 1. The molecule has 6 nitrogen and oxygen atoms in total. The number of rotatable bonds is 5. The number of fused-ring (bicyclic) bond motifs is 1. The molecule has 1 N–H and O–H groups in total. The molecule has 0 bridgehead atoms. The maximum atomic E-state index is 12.7. The average molecular weight is 382 g/mol. The number of amides is 2. The summed E-state index contributed by atoms with van der Waals surface area (Å²) in [6.45, 7) is 4.83. The summed E-state index contributed by atoms with van der Waals surface area (Å²) >= 11 is 0. The molecule has 0 aliphatic carbocycles. The van der Waals surface area contributed by atoms with E-state index in [1.807, 2.05) is 54.3 Å². The van der Waals surface area contributed by atoms with Gasteiger partial charge in [-0.2, -0.15) is 0 Å². The zero-order valence-corrected chi connectivity index (χ0v) is 16.1. The number of hydrogen-bond acceptors (Lipinski definition) is 4. The molecule has 28 heavy (non-hydrogen) atoms. The Morgan fingerprint density at radius 2 is 2.04 bits per heavy atom. The van der Waals surface area contributed by atoms with E-state index in [2.05, 4.69) is 5.32 Å². The lowest BCUT2D eigenvalue weighted by Crippen LogP contribution is -2.41. The van der Waals surface area contributed by atoms with Gasteiger partial charge in [0.2, 0.25) is 0 Å². The first-order valence-corrected chi connectivity index (χ1v) is 9.84. The van der Waals surface area contributed by atoms with Crippen LogP contribution in [0.25, 0.3) is 0 Å². The van der Waals surface area contributed by atoms with Gasteiger partial charge < -0.3 is 24.4 Å². The second kappa shape index (κ2) is 8.42. The molecular weight excluding hydrogens is 356 g/mol. The number of hydrogen-bond donors (Lipinski definition) is 1. The van der Waals surface area contributed by atoms with Crippen molar-refractivity contribution in [2.75, 3.05) is 32.9 Å². The van der Waals surface area contributed by atoms with Crippen molar-refractivity contribution in [1.82, 2.24) is 10.2 Å². The molecule has 0 spiro atoms. The van der Waals surface area contributed by atoms with E-state index in [4.69, 9.17) is 14.2 Å². The Balaban J connectivity index is 1.32. The van der Waals surface area contributed by atoms with Crippen LogP contribution in [0.3, 0.4) is 0 Å². The molecule has 148 valence electrons. The molecule has 2 aliphatic heterocycles. The Morgan fingerprint density at radius 3 is 2.89 bits per heavy atom.